The molecule has 2 N–H and O–H groups in total. The molecule has 0 saturated heterocycles. The Kier molecular flexibility index (Phi) is 4.72. The molecule has 1 fully saturated rings. The van der Waals surface area contributed by atoms with Gasteiger partial charge in [0.1, 0.15) is 0 Å². The largest absolute Gasteiger partial charge is 0.493 e. The molecule has 0 aliphatic heterocycles. The molecule has 3 nitrogen and oxygen atoms in total. The number of ether oxygens (including phenoxy) is 2. The van der Waals surface area contributed by atoms with Crippen molar-refractivity contribution in [3.63, 3.8) is 0 Å². The molecule has 1 aliphatic carbocycles. The number of halogens is 1. The van der Waals surface area contributed by atoms with Crippen molar-refractivity contribution in [1.82, 2.24) is 0 Å². The lowest BCUT2D eigenvalue weighted by Gasteiger charge is -2.19. The van der Waals surface area contributed by atoms with Crippen LogP contribution in [0.3, 0.4) is 0 Å². The van der Waals surface area contributed by atoms with Gasteiger partial charge in [-0.3, -0.25) is 0 Å². The van der Waals surface area contributed by atoms with E-state index in [1.807, 2.05) is 6.07 Å². The first-order valence-corrected chi connectivity index (χ1v) is 6.85. The highest BCUT2D eigenvalue weighted by molar-refractivity contribution is 6.30. The molecule has 0 heterocycles. The highest BCUT2D eigenvalue weighted by Crippen LogP contribution is 2.37. The highest BCUT2D eigenvalue weighted by Gasteiger charge is 2.20. The maximum absolute atomic E-state index is 6.10. The smallest absolute Gasteiger partial charge is 0.164 e. The van der Waals surface area contributed by atoms with Crippen LogP contribution < -0.4 is 15.2 Å². The minimum absolute atomic E-state index is 0.302. The van der Waals surface area contributed by atoms with Crippen LogP contribution >= 0.6 is 11.6 Å². The highest BCUT2D eigenvalue weighted by atomic mass is 35.5. The zero-order valence-corrected chi connectivity index (χ0v) is 11.5. The minimum atomic E-state index is 0.302. The third-order valence-electron chi connectivity index (χ3n) is 3.32. The average molecular weight is 270 g/mol. The predicted octanol–water partition coefficient (Wildman–Crippen LogP) is 3.17. The summed E-state index contributed by atoms with van der Waals surface area (Å²) in [5, 5.41) is 0.661. The summed E-state index contributed by atoms with van der Waals surface area (Å²) in [6.45, 7) is 0.574. The average Bonchev–Trinajstić information content (AvgIpc) is 2.85. The SMILES string of the molecule is COc1cc(Cl)cc(CCN)c1OC1CCCC1. The summed E-state index contributed by atoms with van der Waals surface area (Å²) in [5.74, 6) is 1.53. The van der Waals surface area contributed by atoms with Crippen molar-refractivity contribution in [3.8, 4) is 11.5 Å². The topological polar surface area (TPSA) is 44.5 Å². The van der Waals surface area contributed by atoms with Gasteiger partial charge in [-0.05, 0) is 44.7 Å². The van der Waals surface area contributed by atoms with Crippen molar-refractivity contribution in [1.29, 1.82) is 0 Å². The summed E-state index contributed by atoms with van der Waals surface area (Å²) in [5.41, 5.74) is 6.68. The molecule has 1 aromatic rings. The van der Waals surface area contributed by atoms with Crippen molar-refractivity contribution >= 4 is 11.6 Å². The molecule has 0 bridgehead atoms. The maximum Gasteiger partial charge on any atom is 0.164 e. The molecule has 2 rings (SSSR count). The maximum atomic E-state index is 6.10. The first-order chi connectivity index (χ1) is 8.74. The Labute approximate surface area is 113 Å². The predicted molar refractivity (Wildman–Crippen MR) is 73.6 cm³/mol. The molecule has 1 saturated carbocycles. The van der Waals surface area contributed by atoms with Gasteiger partial charge < -0.3 is 15.2 Å². The van der Waals surface area contributed by atoms with Crippen molar-refractivity contribution in [2.75, 3.05) is 13.7 Å². The summed E-state index contributed by atoms with van der Waals surface area (Å²) in [7, 11) is 1.64. The van der Waals surface area contributed by atoms with Gasteiger partial charge in [0.05, 0.1) is 13.2 Å². The number of methoxy groups -OCH3 is 1. The second-order valence-corrected chi connectivity index (χ2v) is 5.10. The molecule has 0 aromatic heterocycles. The third-order valence-corrected chi connectivity index (χ3v) is 3.54. The lowest BCUT2D eigenvalue weighted by Crippen LogP contribution is -2.14. The number of hydrogen-bond acceptors (Lipinski definition) is 3. The fraction of sp³-hybridized carbons (Fsp3) is 0.571. The van der Waals surface area contributed by atoms with E-state index in [9.17, 15) is 0 Å². The van der Waals surface area contributed by atoms with Gasteiger partial charge in [0.15, 0.2) is 11.5 Å². The monoisotopic (exact) mass is 269 g/mol. The van der Waals surface area contributed by atoms with Crippen LogP contribution in [0.25, 0.3) is 0 Å². The van der Waals surface area contributed by atoms with E-state index in [4.69, 9.17) is 26.8 Å². The fourth-order valence-corrected chi connectivity index (χ4v) is 2.65. The van der Waals surface area contributed by atoms with Crippen molar-refractivity contribution in [2.24, 2.45) is 5.73 Å². The zero-order valence-electron chi connectivity index (χ0n) is 10.7. The minimum Gasteiger partial charge on any atom is -0.493 e. The second-order valence-electron chi connectivity index (χ2n) is 4.66. The number of hydrogen-bond donors (Lipinski definition) is 1. The molecule has 0 radical (unpaired) electrons. The Balaban J connectivity index is 2.28. The molecule has 0 amide bonds. The van der Waals surface area contributed by atoms with Gasteiger partial charge in [-0.1, -0.05) is 11.6 Å². The zero-order chi connectivity index (χ0) is 13.0. The van der Waals surface area contributed by atoms with Crippen LogP contribution in [0.2, 0.25) is 5.02 Å². The van der Waals surface area contributed by atoms with E-state index in [1.165, 1.54) is 12.8 Å². The van der Waals surface area contributed by atoms with Crippen LogP contribution in [0.5, 0.6) is 11.5 Å². The first-order valence-electron chi connectivity index (χ1n) is 6.47. The van der Waals surface area contributed by atoms with Gasteiger partial charge in [-0.2, -0.15) is 0 Å². The van der Waals surface area contributed by atoms with E-state index < -0.39 is 0 Å². The Bertz CT molecular complexity index is 403. The van der Waals surface area contributed by atoms with Crippen LogP contribution in [0.1, 0.15) is 31.2 Å². The van der Waals surface area contributed by atoms with E-state index in [1.54, 1.807) is 13.2 Å². The molecular formula is C14H20ClNO2. The van der Waals surface area contributed by atoms with Crippen LogP contribution in [-0.4, -0.2) is 19.8 Å². The van der Waals surface area contributed by atoms with Crippen LogP contribution in [0.4, 0.5) is 0 Å². The van der Waals surface area contributed by atoms with Gasteiger partial charge in [0, 0.05) is 16.7 Å². The van der Waals surface area contributed by atoms with Gasteiger partial charge in [-0.25, -0.2) is 0 Å². The molecule has 18 heavy (non-hydrogen) atoms. The fourth-order valence-electron chi connectivity index (χ4n) is 2.42. The van der Waals surface area contributed by atoms with Gasteiger partial charge >= 0.3 is 0 Å². The number of rotatable bonds is 5. The van der Waals surface area contributed by atoms with E-state index in [2.05, 4.69) is 0 Å². The molecular weight excluding hydrogens is 250 g/mol. The second kappa shape index (κ2) is 6.30. The number of nitrogens with two attached hydrogens (primary N) is 1. The van der Waals surface area contributed by atoms with E-state index in [0.29, 0.717) is 23.4 Å². The van der Waals surface area contributed by atoms with Crippen LogP contribution in [-0.2, 0) is 6.42 Å². The molecule has 1 aliphatic rings. The van der Waals surface area contributed by atoms with Crippen molar-refractivity contribution < 1.29 is 9.47 Å². The van der Waals surface area contributed by atoms with Crippen molar-refractivity contribution in [2.45, 2.75) is 38.2 Å². The van der Waals surface area contributed by atoms with Crippen LogP contribution in [0.15, 0.2) is 12.1 Å². The normalized spacial score (nSPS) is 15.9. The molecule has 4 heteroatoms. The molecule has 100 valence electrons. The summed E-state index contributed by atoms with van der Waals surface area (Å²) in [6.07, 6.45) is 5.77. The van der Waals surface area contributed by atoms with E-state index in [0.717, 1.165) is 30.6 Å². The Morgan fingerprint density at radius 2 is 2.06 bits per heavy atom. The van der Waals surface area contributed by atoms with Gasteiger partial charge in [0.25, 0.3) is 0 Å². The van der Waals surface area contributed by atoms with Crippen LogP contribution in [0, 0.1) is 0 Å². The standard InChI is InChI=1S/C14H20ClNO2/c1-17-13-9-11(15)8-10(6-7-16)14(13)18-12-4-2-3-5-12/h8-9,12H,2-7,16H2,1H3. The summed E-state index contributed by atoms with van der Waals surface area (Å²) in [4.78, 5) is 0. The number of benzene rings is 1. The molecule has 1 aromatic carbocycles. The lowest BCUT2D eigenvalue weighted by atomic mass is 10.1. The van der Waals surface area contributed by atoms with Gasteiger partial charge in [-0.15, -0.1) is 0 Å². The Hall–Kier alpha value is -0.930. The van der Waals surface area contributed by atoms with E-state index in [-0.39, 0.29) is 0 Å². The lowest BCUT2D eigenvalue weighted by molar-refractivity contribution is 0.198. The Morgan fingerprint density at radius 3 is 2.67 bits per heavy atom. The molecule has 0 atom stereocenters. The molecule has 0 unspecified atom stereocenters. The van der Waals surface area contributed by atoms with Crippen molar-refractivity contribution in [3.05, 3.63) is 22.7 Å². The van der Waals surface area contributed by atoms with E-state index >= 15 is 0 Å². The third kappa shape index (κ3) is 3.09. The molecule has 0 spiro atoms. The van der Waals surface area contributed by atoms with Gasteiger partial charge in [0.2, 0.25) is 0 Å². The Morgan fingerprint density at radius 1 is 1.33 bits per heavy atom. The quantitative estimate of drug-likeness (QED) is 0.893. The summed E-state index contributed by atoms with van der Waals surface area (Å²) < 4.78 is 11.5. The summed E-state index contributed by atoms with van der Waals surface area (Å²) >= 11 is 6.08. The summed E-state index contributed by atoms with van der Waals surface area (Å²) in [6, 6.07) is 3.72. The first kappa shape index (κ1) is 13.5.